The van der Waals surface area contributed by atoms with Gasteiger partial charge in [0.1, 0.15) is 0 Å². The maximum Gasteiger partial charge on any atom is 0.0510 e. The highest BCUT2D eigenvalue weighted by Crippen LogP contribution is 2.92. The number of fused-ring (bicyclic) bond motifs is 1. The summed E-state index contributed by atoms with van der Waals surface area (Å²) in [5.74, 6) is 27.8. The maximum absolute atomic E-state index is 3.17. The summed E-state index contributed by atoms with van der Waals surface area (Å²) < 4.78 is 0. The van der Waals surface area contributed by atoms with E-state index in [0.29, 0.717) is 11.5 Å². The molecule has 18 rings (SSSR count). The zero-order chi connectivity index (χ0) is 29.7. The van der Waals surface area contributed by atoms with Gasteiger partial charge in [0.05, 0.1) is 6.04 Å². The molecule has 17 aliphatic rings. The van der Waals surface area contributed by atoms with Crippen LogP contribution in [-0.2, 0) is 0 Å². The van der Waals surface area contributed by atoms with Gasteiger partial charge in [0, 0.05) is 23.3 Å². The van der Waals surface area contributed by atoms with E-state index >= 15 is 0 Å². The van der Waals surface area contributed by atoms with E-state index in [9.17, 15) is 0 Å². The lowest BCUT2D eigenvalue weighted by molar-refractivity contribution is -0.147. The molecule has 2 heterocycles. The summed E-state index contributed by atoms with van der Waals surface area (Å²) in [5, 5.41) is 2.42. The second kappa shape index (κ2) is 6.76. The highest BCUT2D eigenvalue weighted by Gasteiger charge is 2.88. The zero-order valence-corrected chi connectivity index (χ0v) is 29.1. The average Bonchev–Trinajstić information content (AvgIpc) is 3.92. The Bertz CT molecular complexity index is 1970. The largest absolute Gasteiger partial charge is 0.297 e. The van der Waals surface area contributed by atoms with Crippen LogP contribution in [0.3, 0.4) is 0 Å². The highest BCUT2D eigenvalue weighted by molar-refractivity contribution is 7.10. The van der Waals surface area contributed by atoms with Gasteiger partial charge < -0.3 is 0 Å². The fourth-order valence-electron chi connectivity index (χ4n) is 24.8. The van der Waals surface area contributed by atoms with Gasteiger partial charge in [-0.3, -0.25) is 4.90 Å². The molecule has 14 fully saturated rings. The first-order chi connectivity index (χ1) is 23.7. The van der Waals surface area contributed by atoms with Gasteiger partial charge in [-0.2, -0.15) is 0 Å². The van der Waals surface area contributed by atoms with Gasteiger partial charge in [-0.05, 0) is 204 Å². The summed E-state index contributed by atoms with van der Waals surface area (Å²) in [4.78, 5) is 4.69. The molecular weight excluding hydrogens is 599 g/mol. The summed E-state index contributed by atoms with van der Waals surface area (Å²) >= 11 is 2.11. The van der Waals surface area contributed by atoms with E-state index in [1.165, 1.54) is 12.5 Å². The third-order valence-corrected chi connectivity index (χ3v) is 24.2. The van der Waals surface area contributed by atoms with Crippen molar-refractivity contribution in [1.82, 2.24) is 4.90 Å². The van der Waals surface area contributed by atoms with Crippen LogP contribution in [0.5, 0.6) is 0 Å². The van der Waals surface area contributed by atoms with Crippen LogP contribution >= 0.6 is 11.3 Å². The molecule has 13 saturated carbocycles. The van der Waals surface area contributed by atoms with Crippen molar-refractivity contribution in [3.63, 3.8) is 0 Å². The molecule has 28 atom stereocenters. The number of rotatable bonds is 1. The minimum absolute atomic E-state index is 0.558. The Kier molecular flexibility index (Phi) is 3.41. The minimum atomic E-state index is 0.558. The number of thiophene rings is 1. The lowest BCUT2D eigenvalue weighted by Gasteiger charge is -2.62. The smallest absolute Gasteiger partial charge is 0.0510 e. The Labute approximate surface area is 289 Å². The molecule has 1 aromatic heterocycles. The lowest BCUT2D eigenvalue weighted by atomic mass is 9.41. The summed E-state index contributed by atoms with van der Waals surface area (Å²) in [6.45, 7) is 1.42. The van der Waals surface area contributed by atoms with Crippen molar-refractivity contribution in [2.24, 2.45) is 159 Å². The van der Waals surface area contributed by atoms with Crippen molar-refractivity contribution in [2.45, 2.75) is 44.6 Å². The first-order valence-corrected chi connectivity index (χ1v) is 22.5. The van der Waals surface area contributed by atoms with E-state index < -0.39 is 0 Å². The average molecular weight is 648 g/mol. The quantitative estimate of drug-likeness (QED) is 0.277. The third-order valence-electron chi connectivity index (χ3n) is 23.3. The van der Waals surface area contributed by atoms with Crippen LogP contribution in [0.1, 0.15) is 49.4 Å². The van der Waals surface area contributed by atoms with Crippen LogP contribution in [0.25, 0.3) is 0 Å². The Balaban J connectivity index is 1.00. The van der Waals surface area contributed by atoms with Crippen molar-refractivity contribution in [3.8, 4) is 0 Å². The Morgan fingerprint density at radius 1 is 0.688 bits per heavy atom. The van der Waals surface area contributed by atoms with Crippen LogP contribution in [0.15, 0.2) is 52.0 Å². The number of hydrogen-bond donors (Lipinski definition) is 0. The molecule has 244 valence electrons. The molecule has 1 aliphatic heterocycles. The summed E-state index contributed by atoms with van der Waals surface area (Å²) in [7, 11) is 2.60. The van der Waals surface area contributed by atoms with Crippen molar-refractivity contribution in [1.29, 1.82) is 0 Å². The molecule has 48 heavy (non-hydrogen) atoms. The van der Waals surface area contributed by atoms with Gasteiger partial charge in [0.25, 0.3) is 0 Å². The SMILES string of the molecule is CN1CC23CC4CC5C=C6CC7CC8CC9CC%10C=C(C%11C%12=C%10C9C9C8C8C7C6C6C5C5C7C(C%12C9C8C67)C%11C2C45)C3C1c1cccs1. The van der Waals surface area contributed by atoms with E-state index in [1.54, 1.807) is 43.4 Å². The Hall–Kier alpha value is -1.12. The number of allylic oxidation sites excluding steroid dienone is 5. The minimum Gasteiger partial charge on any atom is -0.297 e. The van der Waals surface area contributed by atoms with E-state index in [1.807, 2.05) is 0 Å². The van der Waals surface area contributed by atoms with Crippen LogP contribution in [0.2, 0.25) is 0 Å². The second-order valence-electron chi connectivity index (χ2n) is 22.7. The van der Waals surface area contributed by atoms with E-state index in [0.717, 1.165) is 148 Å². The molecule has 2 heteroatoms. The second-order valence-corrected chi connectivity index (χ2v) is 23.7. The summed E-state index contributed by atoms with van der Waals surface area (Å²) in [6, 6.07) is 5.61. The number of nitrogens with zero attached hydrogens (tertiary/aromatic N) is 1. The number of likely N-dealkylation sites (tertiary alicyclic amines) is 1. The molecule has 0 aromatic carbocycles. The molecule has 1 aromatic rings. The fourth-order valence-corrected chi connectivity index (χ4v) is 25.7. The third kappa shape index (κ3) is 1.92. The molecule has 0 bridgehead atoms. The molecule has 1 nitrogen and oxygen atoms in total. The Morgan fingerprint density at radius 2 is 1.50 bits per heavy atom. The summed E-state index contributed by atoms with van der Waals surface area (Å²) in [6.07, 6.45) is 16.0. The summed E-state index contributed by atoms with van der Waals surface area (Å²) in [5.41, 5.74) is 9.28. The van der Waals surface area contributed by atoms with Gasteiger partial charge in [0.2, 0.25) is 0 Å². The van der Waals surface area contributed by atoms with Gasteiger partial charge in [0.15, 0.2) is 0 Å². The van der Waals surface area contributed by atoms with Crippen LogP contribution in [-0.4, -0.2) is 18.5 Å². The van der Waals surface area contributed by atoms with Gasteiger partial charge in [-0.25, -0.2) is 0 Å². The monoisotopic (exact) mass is 647 g/mol. The zero-order valence-electron chi connectivity index (χ0n) is 28.3. The first kappa shape index (κ1) is 24.2. The number of hydrogen-bond acceptors (Lipinski definition) is 2. The van der Waals surface area contributed by atoms with Crippen molar-refractivity contribution >= 4 is 11.3 Å². The normalized spacial score (nSPS) is 74.1. The van der Waals surface area contributed by atoms with E-state index in [-0.39, 0.29) is 0 Å². The predicted molar refractivity (Wildman–Crippen MR) is 184 cm³/mol. The maximum atomic E-state index is 3.17. The van der Waals surface area contributed by atoms with Crippen LogP contribution in [0, 0.1) is 159 Å². The van der Waals surface area contributed by atoms with Crippen LogP contribution in [0.4, 0.5) is 0 Å². The van der Waals surface area contributed by atoms with Crippen molar-refractivity contribution in [2.75, 3.05) is 13.6 Å². The molecule has 16 aliphatic carbocycles. The first-order valence-electron chi connectivity index (χ1n) is 21.6. The van der Waals surface area contributed by atoms with Crippen LogP contribution < -0.4 is 0 Å². The van der Waals surface area contributed by atoms with Crippen molar-refractivity contribution < 1.29 is 0 Å². The Morgan fingerprint density at radius 3 is 2.40 bits per heavy atom. The molecule has 28 unspecified atom stereocenters. The van der Waals surface area contributed by atoms with Crippen molar-refractivity contribution in [3.05, 3.63) is 56.8 Å². The molecule has 0 N–H and O–H groups in total. The molecule has 0 amide bonds. The van der Waals surface area contributed by atoms with Gasteiger partial charge >= 0.3 is 0 Å². The van der Waals surface area contributed by atoms with Gasteiger partial charge in [-0.15, -0.1) is 11.3 Å². The highest BCUT2D eigenvalue weighted by atomic mass is 32.1. The molecule has 0 radical (unpaired) electrons. The fraction of sp³-hybridized carbons (Fsp3) is 0.783. The molecule has 1 spiro atoms. The standard InChI is InChI=1S/C46H49NS/c1-47-13-46-12-20-10-18-8-15-5-14-6-17-7-16-9-19-11-21(43(46)45(47)22-3-2-4-48-22)30-35-26(19)25(16)32-27(17)31-23(14)24(15)33-28(18)34-29(20)44(46)42(30)41-39(34)37(33)36(31)38(32)40(35)41/h2-4,8,11,14,16-20,23-25,27-34,36-45H,5-7,9-10,12-13H2,1H3. The lowest BCUT2D eigenvalue weighted by Crippen LogP contribution is -2.60. The topological polar surface area (TPSA) is 3.24 Å². The van der Waals surface area contributed by atoms with E-state index in [4.69, 9.17) is 0 Å². The van der Waals surface area contributed by atoms with Gasteiger partial charge in [-0.1, -0.05) is 40.5 Å². The predicted octanol–water partition coefficient (Wildman–Crippen LogP) is 8.45. The molecular formula is C46H49NS. The van der Waals surface area contributed by atoms with E-state index in [2.05, 4.69) is 75.2 Å². The molecule has 1 saturated heterocycles.